The molecule has 0 unspecified atom stereocenters. The molecule has 8 heteroatoms. The van der Waals surface area contributed by atoms with E-state index in [2.05, 4.69) is 20.9 Å². The van der Waals surface area contributed by atoms with E-state index < -0.39 is 0 Å². The molecule has 0 N–H and O–H groups in total. The lowest BCUT2D eigenvalue weighted by Crippen LogP contribution is -2.37. The molecule has 0 saturated heterocycles. The van der Waals surface area contributed by atoms with Crippen LogP contribution in [0.5, 0.6) is 0 Å². The molecular formula is C11H14BrClN4O2. The lowest BCUT2D eigenvalue weighted by Gasteiger charge is -2.11. The van der Waals surface area contributed by atoms with Gasteiger partial charge in [-0.05, 0) is 21.8 Å². The second-order valence-electron chi connectivity index (χ2n) is 4.63. The number of aryl methyl sites for hydroxylation is 1. The zero-order valence-corrected chi connectivity index (χ0v) is 13.2. The first-order valence-corrected chi connectivity index (χ1v) is 7.09. The zero-order valence-electron chi connectivity index (χ0n) is 10.9. The quantitative estimate of drug-likeness (QED) is 0.615. The Hall–Kier alpha value is -1.08. The summed E-state index contributed by atoms with van der Waals surface area (Å²) in [6.07, 6.45) is 0. The zero-order chi connectivity index (χ0) is 14.3. The van der Waals surface area contributed by atoms with E-state index in [-0.39, 0.29) is 17.2 Å². The molecule has 2 aromatic heterocycles. The second kappa shape index (κ2) is 5.13. The van der Waals surface area contributed by atoms with Crippen molar-refractivity contribution in [3.8, 4) is 0 Å². The third-order valence-corrected chi connectivity index (χ3v) is 4.19. The van der Waals surface area contributed by atoms with Crippen molar-refractivity contribution in [2.24, 2.45) is 20.0 Å². The van der Waals surface area contributed by atoms with Crippen LogP contribution in [0.1, 0.15) is 6.92 Å². The summed E-state index contributed by atoms with van der Waals surface area (Å²) in [5, 5.41) is 0. The molecule has 0 saturated carbocycles. The lowest BCUT2D eigenvalue weighted by molar-refractivity contribution is 0.529. The third kappa shape index (κ3) is 2.25. The van der Waals surface area contributed by atoms with E-state index in [0.29, 0.717) is 28.3 Å². The van der Waals surface area contributed by atoms with E-state index in [9.17, 15) is 9.59 Å². The molecule has 0 aromatic carbocycles. The van der Waals surface area contributed by atoms with E-state index in [1.807, 2.05) is 6.92 Å². The number of alkyl halides is 1. The summed E-state index contributed by atoms with van der Waals surface area (Å²) in [4.78, 5) is 28.3. The van der Waals surface area contributed by atoms with Crippen LogP contribution in [0, 0.1) is 5.92 Å². The van der Waals surface area contributed by atoms with Crippen LogP contribution >= 0.6 is 27.5 Å². The van der Waals surface area contributed by atoms with Crippen LogP contribution in [0.4, 0.5) is 0 Å². The van der Waals surface area contributed by atoms with Crippen LogP contribution in [-0.2, 0) is 20.6 Å². The minimum Gasteiger partial charge on any atom is -0.312 e. The molecule has 0 fully saturated rings. The average Bonchev–Trinajstić information content (AvgIpc) is 2.71. The Morgan fingerprint density at radius 3 is 2.53 bits per heavy atom. The van der Waals surface area contributed by atoms with Gasteiger partial charge in [0.25, 0.3) is 5.56 Å². The molecule has 0 spiro atoms. The number of rotatable bonds is 3. The molecule has 2 heterocycles. The Morgan fingerprint density at radius 2 is 1.95 bits per heavy atom. The maximum atomic E-state index is 12.2. The molecule has 2 aromatic rings. The molecule has 0 aliphatic heterocycles. The first-order chi connectivity index (χ1) is 8.88. The molecule has 0 bridgehead atoms. The summed E-state index contributed by atoms with van der Waals surface area (Å²) >= 11 is 9.14. The minimum atomic E-state index is -0.389. The van der Waals surface area contributed by atoms with Crippen molar-refractivity contribution in [2.45, 2.75) is 13.5 Å². The van der Waals surface area contributed by atoms with Gasteiger partial charge in [0.15, 0.2) is 15.9 Å². The van der Waals surface area contributed by atoms with E-state index in [0.717, 1.165) is 4.57 Å². The van der Waals surface area contributed by atoms with Crippen LogP contribution in [0.15, 0.2) is 14.3 Å². The highest BCUT2D eigenvalue weighted by Crippen LogP contribution is 2.18. The van der Waals surface area contributed by atoms with Crippen molar-refractivity contribution in [3.63, 3.8) is 0 Å². The van der Waals surface area contributed by atoms with Gasteiger partial charge >= 0.3 is 5.69 Å². The van der Waals surface area contributed by atoms with Crippen LogP contribution in [-0.4, -0.2) is 24.6 Å². The van der Waals surface area contributed by atoms with Gasteiger partial charge in [-0.1, -0.05) is 6.92 Å². The predicted molar refractivity (Wildman–Crippen MR) is 77.8 cm³/mol. The highest BCUT2D eigenvalue weighted by atomic mass is 79.9. The normalized spacial score (nSPS) is 13.1. The number of halogens is 2. The van der Waals surface area contributed by atoms with Crippen LogP contribution in [0.3, 0.4) is 0 Å². The Morgan fingerprint density at radius 1 is 1.32 bits per heavy atom. The maximum absolute atomic E-state index is 12.2. The van der Waals surface area contributed by atoms with Gasteiger partial charge in [0.2, 0.25) is 0 Å². The topological polar surface area (TPSA) is 61.8 Å². The van der Waals surface area contributed by atoms with Crippen LogP contribution < -0.4 is 11.2 Å². The van der Waals surface area contributed by atoms with Gasteiger partial charge < -0.3 is 4.57 Å². The van der Waals surface area contributed by atoms with Crippen molar-refractivity contribution < 1.29 is 0 Å². The molecule has 6 nitrogen and oxygen atoms in total. The van der Waals surface area contributed by atoms with Gasteiger partial charge in [0.1, 0.15) is 0 Å². The first kappa shape index (κ1) is 14.3. The van der Waals surface area contributed by atoms with E-state index in [1.54, 1.807) is 11.6 Å². The van der Waals surface area contributed by atoms with E-state index in [4.69, 9.17) is 11.6 Å². The molecular weight excluding hydrogens is 336 g/mol. The van der Waals surface area contributed by atoms with Gasteiger partial charge in [-0.15, -0.1) is 11.6 Å². The lowest BCUT2D eigenvalue weighted by atomic mass is 10.2. The van der Waals surface area contributed by atoms with E-state index >= 15 is 0 Å². The van der Waals surface area contributed by atoms with Gasteiger partial charge in [0, 0.05) is 26.5 Å². The highest BCUT2D eigenvalue weighted by molar-refractivity contribution is 9.10. The van der Waals surface area contributed by atoms with Crippen molar-refractivity contribution >= 4 is 38.7 Å². The molecule has 104 valence electrons. The monoisotopic (exact) mass is 348 g/mol. The van der Waals surface area contributed by atoms with Gasteiger partial charge in [-0.25, -0.2) is 9.78 Å². The Bertz CT molecular complexity index is 746. The summed E-state index contributed by atoms with van der Waals surface area (Å²) in [6, 6.07) is 0. The Labute approximate surface area is 122 Å². The minimum absolute atomic E-state index is 0.192. The number of fused-ring (bicyclic) bond motifs is 1. The number of hydrogen-bond acceptors (Lipinski definition) is 3. The first-order valence-electron chi connectivity index (χ1n) is 5.76. The molecule has 0 amide bonds. The molecule has 0 radical (unpaired) electrons. The Kier molecular flexibility index (Phi) is 3.87. The van der Waals surface area contributed by atoms with E-state index in [1.165, 1.54) is 11.6 Å². The fourth-order valence-electron chi connectivity index (χ4n) is 1.95. The fourth-order valence-corrected chi connectivity index (χ4v) is 2.53. The number of aromatic nitrogens is 4. The second-order valence-corrected chi connectivity index (χ2v) is 5.65. The van der Waals surface area contributed by atoms with Gasteiger partial charge in [0.05, 0.1) is 0 Å². The van der Waals surface area contributed by atoms with Gasteiger partial charge in [-0.3, -0.25) is 13.9 Å². The number of hydrogen-bond donors (Lipinski definition) is 0. The van der Waals surface area contributed by atoms with Crippen molar-refractivity contribution in [2.75, 3.05) is 5.88 Å². The van der Waals surface area contributed by atoms with Crippen molar-refractivity contribution in [1.29, 1.82) is 0 Å². The predicted octanol–water partition coefficient (Wildman–Crippen LogP) is 1.07. The smallest absolute Gasteiger partial charge is 0.312 e. The average molecular weight is 350 g/mol. The molecule has 0 aliphatic carbocycles. The third-order valence-electron chi connectivity index (χ3n) is 3.06. The maximum Gasteiger partial charge on any atom is 0.332 e. The molecule has 2 rings (SSSR count). The SMILES string of the molecule is C[C@H](CCl)Cn1c(Br)nc2c1c(=O)n(C)c(=O)n2C. The fraction of sp³-hybridized carbons (Fsp3) is 0.545. The number of nitrogens with zero attached hydrogens (tertiary/aromatic N) is 4. The number of imidazole rings is 1. The highest BCUT2D eigenvalue weighted by Gasteiger charge is 2.18. The Balaban J connectivity index is 2.83. The summed E-state index contributed by atoms with van der Waals surface area (Å²) in [7, 11) is 3.05. The molecule has 0 aliphatic rings. The summed E-state index contributed by atoms with van der Waals surface area (Å²) in [5.41, 5.74) is 0.0494. The molecule has 19 heavy (non-hydrogen) atoms. The van der Waals surface area contributed by atoms with Gasteiger partial charge in [-0.2, -0.15) is 0 Å². The largest absolute Gasteiger partial charge is 0.332 e. The van der Waals surface area contributed by atoms with Crippen LogP contribution in [0.25, 0.3) is 11.2 Å². The van der Waals surface area contributed by atoms with Crippen molar-refractivity contribution in [1.82, 2.24) is 18.7 Å². The standard InChI is InChI=1S/C11H14BrClN4O2/c1-6(4-13)5-17-7-8(14-10(17)12)15(2)11(19)16(3)9(7)18/h6H,4-5H2,1-3H3/t6-/m1/s1. The molecule has 1 atom stereocenters. The van der Waals surface area contributed by atoms with Crippen molar-refractivity contribution in [3.05, 3.63) is 25.6 Å². The summed E-state index contributed by atoms with van der Waals surface area (Å²) in [5.74, 6) is 0.676. The summed E-state index contributed by atoms with van der Waals surface area (Å²) < 4.78 is 4.73. The van der Waals surface area contributed by atoms with Crippen LogP contribution in [0.2, 0.25) is 0 Å². The summed E-state index contributed by atoms with van der Waals surface area (Å²) in [6.45, 7) is 2.55.